The maximum absolute atomic E-state index is 12.3. The van der Waals surface area contributed by atoms with E-state index in [2.05, 4.69) is 32.9 Å². The Morgan fingerprint density at radius 2 is 1.52 bits per heavy atom. The van der Waals surface area contributed by atoms with E-state index in [1.54, 1.807) is 18.2 Å². The van der Waals surface area contributed by atoms with Crippen LogP contribution in [0.2, 0.25) is 15.1 Å². The van der Waals surface area contributed by atoms with Crippen LogP contribution in [0.3, 0.4) is 0 Å². The molecule has 0 saturated carbocycles. The Morgan fingerprint density at radius 1 is 0.913 bits per heavy atom. The SMILES string of the molecule is CC(C)(C)c1ccc(C=CC(=O)c2ccc(Cl)c(Cl)c2Cl)cc1. The van der Waals surface area contributed by atoms with E-state index in [0.29, 0.717) is 10.6 Å². The summed E-state index contributed by atoms with van der Waals surface area (Å²) in [4.78, 5) is 12.3. The van der Waals surface area contributed by atoms with E-state index >= 15 is 0 Å². The van der Waals surface area contributed by atoms with Gasteiger partial charge in [-0.15, -0.1) is 0 Å². The summed E-state index contributed by atoms with van der Waals surface area (Å²) in [6.45, 7) is 6.48. The van der Waals surface area contributed by atoms with Crippen LogP contribution in [0.25, 0.3) is 6.08 Å². The Balaban J connectivity index is 2.20. The summed E-state index contributed by atoms with van der Waals surface area (Å²) in [5.41, 5.74) is 2.63. The number of rotatable bonds is 3. The largest absolute Gasteiger partial charge is 0.289 e. The molecule has 0 aliphatic heterocycles. The highest BCUT2D eigenvalue weighted by atomic mass is 35.5. The summed E-state index contributed by atoms with van der Waals surface area (Å²) in [7, 11) is 0. The molecule has 2 aromatic rings. The Hall–Kier alpha value is -1.28. The minimum atomic E-state index is -0.214. The summed E-state index contributed by atoms with van der Waals surface area (Å²) < 4.78 is 0. The molecule has 1 nitrogen and oxygen atoms in total. The molecule has 2 aromatic carbocycles. The fourth-order valence-corrected chi connectivity index (χ4v) is 2.70. The molecule has 2 rings (SSSR count). The van der Waals surface area contributed by atoms with Crippen molar-refractivity contribution in [2.75, 3.05) is 0 Å². The maximum Gasteiger partial charge on any atom is 0.187 e. The third-order valence-corrected chi connectivity index (χ3v) is 4.80. The minimum Gasteiger partial charge on any atom is -0.289 e. The predicted octanol–water partition coefficient (Wildman–Crippen LogP) is 6.84. The second-order valence-electron chi connectivity index (χ2n) is 6.29. The van der Waals surface area contributed by atoms with Crippen molar-refractivity contribution < 1.29 is 4.79 Å². The molecule has 0 fully saturated rings. The highest BCUT2D eigenvalue weighted by Crippen LogP contribution is 2.33. The number of hydrogen-bond donors (Lipinski definition) is 0. The van der Waals surface area contributed by atoms with Crippen molar-refractivity contribution in [1.29, 1.82) is 0 Å². The second kappa shape index (κ2) is 7.09. The molecule has 0 heterocycles. The molecular formula is C19H17Cl3O. The van der Waals surface area contributed by atoms with Crippen LogP contribution in [0.1, 0.15) is 42.3 Å². The molecule has 0 bridgehead atoms. The molecule has 0 atom stereocenters. The summed E-state index contributed by atoms with van der Waals surface area (Å²) in [6, 6.07) is 11.2. The van der Waals surface area contributed by atoms with Crippen molar-refractivity contribution in [3.8, 4) is 0 Å². The number of ketones is 1. The topological polar surface area (TPSA) is 17.1 Å². The molecular weight excluding hydrogens is 351 g/mol. The van der Waals surface area contributed by atoms with Crippen LogP contribution < -0.4 is 0 Å². The fourth-order valence-electron chi connectivity index (χ4n) is 2.07. The summed E-state index contributed by atoms with van der Waals surface area (Å²) in [5, 5.41) is 0.703. The molecule has 0 saturated heterocycles. The third kappa shape index (κ3) is 4.38. The van der Waals surface area contributed by atoms with Gasteiger partial charge in [0.25, 0.3) is 0 Å². The first-order chi connectivity index (χ1) is 10.7. The van der Waals surface area contributed by atoms with Gasteiger partial charge < -0.3 is 0 Å². The normalized spacial score (nSPS) is 11.9. The number of allylic oxidation sites excluding steroid dienone is 1. The number of hydrogen-bond acceptors (Lipinski definition) is 1. The van der Waals surface area contributed by atoms with E-state index in [0.717, 1.165) is 5.56 Å². The zero-order valence-electron chi connectivity index (χ0n) is 13.2. The van der Waals surface area contributed by atoms with Crippen LogP contribution in [0.4, 0.5) is 0 Å². The first-order valence-corrected chi connectivity index (χ1v) is 8.30. The van der Waals surface area contributed by atoms with Gasteiger partial charge in [-0.25, -0.2) is 0 Å². The van der Waals surface area contributed by atoms with E-state index in [4.69, 9.17) is 34.8 Å². The number of benzene rings is 2. The standard InChI is InChI=1S/C19H17Cl3O/c1-19(2,3)13-7-4-12(5-8-13)6-11-16(23)14-9-10-15(20)18(22)17(14)21/h4-11H,1-3H3. The molecule has 0 unspecified atom stereocenters. The van der Waals surface area contributed by atoms with Crippen molar-refractivity contribution in [2.24, 2.45) is 0 Å². The lowest BCUT2D eigenvalue weighted by molar-refractivity contribution is 0.104. The Kier molecular flexibility index (Phi) is 5.57. The van der Waals surface area contributed by atoms with Crippen LogP contribution >= 0.6 is 34.8 Å². The smallest absolute Gasteiger partial charge is 0.187 e. The van der Waals surface area contributed by atoms with Crippen molar-refractivity contribution in [1.82, 2.24) is 0 Å². The van der Waals surface area contributed by atoms with Gasteiger partial charge in [-0.05, 0) is 34.8 Å². The van der Waals surface area contributed by atoms with Crippen molar-refractivity contribution >= 4 is 46.7 Å². The van der Waals surface area contributed by atoms with E-state index in [1.807, 2.05) is 12.1 Å². The van der Waals surface area contributed by atoms with Crippen LogP contribution in [0.5, 0.6) is 0 Å². The molecule has 23 heavy (non-hydrogen) atoms. The zero-order chi connectivity index (χ0) is 17.2. The van der Waals surface area contributed by atoms with E-state index in [-0.39, 0.29) is 21.2 Å². The average Bonchev–Trinajstić information content (AvgIpc) is 2.50. The van der Waals surface area contributed by atoms with E-state index in [1.165, 1.54) is 11.6 Å². The van der Waals surface area contributed by atoms with Gasteiger partial charge >= 0.3 is 0 Å². The van der Waals surface area contributed by atoms with Crippen LogP contribution in [-0.4, -0.2) is 5.78 Å². The Morgan fingerprint density at radius 3 is 2.09 bits per heavy atom. The van der Waals surface area contributed by atoms with Crippen LogP contribution in [-0.2, 0) is 5.41 Å². The van der Waals surface area contributed by atoms with Gasteiger partial charge in [-0.1, -0.05) is 85.9 Å². The zero-order valence-corrected chi connectivity index (χ0v) is 15.4. The monoisotopic (exact) mass is 366 g/mol. The van der Waals surface area contributed by atoms with Gasteiger partial charge in [0.05, 0.1) is 15.1 Å². The van der Waals surface area contributed by atoms with Gasteiger partial charge in [0.1, 0.15) is 0 Å². The highest BCUT2D eigenvalue weighted by molar-refractivity contribution is 6.49. The first-order valence-electron chi connectivity index (χ1n) is 7.16. The molecule has 0 spiro atoms. The van der Waals surface area contributed by atoms with Crippen LogP contribution in [0, 0.1) is 0 Å². The lowest BCUT2D eigenvalue weighted by atomic mass is 9.87. The number of carbonyl (C=O) groups is 1. The number of carbonyl (C=O) groups excluding carboxylic acids is 1. The fraction of sp³-hybridized carbons (Fsp3) is 0.211. The molecule has 0 N–H and O–H groups in total. The molecule has 120 valence electrons. The summed E-state index contributed by atoms with van der Waals surface area (Å²) >= 11 is 17.9. The first kappa shape index (κ1) is 18.1. The van der Waals surface area contributed by atoms with Crippen molar-refractivity contribution in [3.05, 3.63) is 74.2 Å². The number of halogens is 3. The molecule has 0 radical (unpaired) electrons. The van der Waals surface area contributed by atoms with Gasteiger partial charge in [0.15, 0.2) is 5.78 Å². The molecule has 4 heteroatoms. The van der Waals surface area contributed by atoms with Crippen molar-refractivity contribution in [2.45, 2.75) is 26.2 Å². The highest BCUT2D eigenvalue weighted by Gasteiger charge is 2.14. The summed E-state index contributed by atoms with van der Waals surface area (Å²) in [5.74, 6) is -0.214. The van der Waals surface area contributed by atoms with E-state index in [9.17, 15) is 4.79 Å². The Labute approximate surface area is 151 Å². The maximum atomic E-state index is 12.3. The Bertz CT molecular complexity index is 753. The predicted molar refractivity (Wildman–Crippen MR) is 100.0 cm³/mol. The molecule has 0 aliphatic rings. The van der Waals surface area contributed by atoms with Crippen molar-refractivity contribution in [3.63, 3.8) is 0 Å². The quantitative estimate of drug-likeness (QED) is 0.330. The molecule has 0 amide bonds. The van der Waals surface area contributed by atoms with Crippen LogP contribution in [0.15, 0.2) is 42.5 Å². The van der Waals surface area contributed by atoms with Gasteiger partial charge in [-0.2, -0.15) is 0 Å². The molecule has 0 aliphatic carbocycles. The third-order valence-electron chi connectivity index (χ3n) is 3.50. The minimum absolute atomic E-state index is 0.103. The molecule has 0 aromatic heterocycles. The second-order valence-corrected chi connectivity index (χ2v) is 7.46. The summed E-state index contributed by atoms with van der Waals surface area (Å²) in [6.07, 6.45) is 3.24. The van der Waals surface area contributed by atoms with Gasteiger partial charge in [0, 0.05) is 5.56 Å². The van der Waals surface area contributed by atoms with Gasteiger partial charge in [-0.3, -0.25) is 4.79 Å². The lowest BCUT2D eigenvalue weighted by Crippen LogP contribution is -2.10. The lowest BCUT2D eigenvalue weighted by Gasteiger charge is -2.18. The van der Waals surface area contributed by atoms with E-state index < -0.39 is 0 Å². The average molecular weight is 368 g/mol. The van der Waals surface area contributed by atoms with Gasteiger partial charge in [0.2, 0.25) is 0 Å².